The second-order valence-corrected chi connectivity index (χ2v) is 7.51. The molecule has 3 aromatic rings. The highest BCUT2D eigenvalue weighted by molar-refractivity contribution is 7.19. The quantitative estimate of drug-likeness (QED) is 0.619. The molecule has 1 unspecified atom stereocenters. The smallest absolute Gasteiger partial charge is 0.313 e. The van der Waals surface area contributed by atoms with Crippen molar-refractivity contribution in [3.05, 3.63) is 65.0 Å². The van der Waals surface area contributed by atoms with E-state index in [4.69, 9.17) is 0 Å². The van der Waals surface area contributed by atoms with Gasteiger partial charge in [-0.15, -0.1) is 11.3 Å². The SMILES string of the molecule is Cc1ccc(NC(=O)C(=O)NCC(C)(O)c2cc3ccccc3s2)cc1. The molecule has 3 rings (SSSR count). The van der Waals surface area contributed by atoms with Gasteiger partial charge < -0.3 is 15.7 Å². The summed E-state index contributed by atoms with van der Waals surface area (Å²) < 4.78 is 1.06. The maximum absolute atomic E-state index is 12.0. The highest BCUT2D eigenvalue weighted by atomic mass is 32.1. The second kappa shape index (κ2) is 7.27. The number of hydrogen-bond donors (Lipinski definition) is 3. The largest absolute Gasteiger partial charge is 0.383 e. The molecule has 0 aliphatic heterocycles. The number of fused-ring (bicyclic) bond motifs is 1. The molecule has 6 heteroatoms. The van der Waals surface area contributed by atoms with Crippen LogP contribution in [-0.2, 0) is 15.2 Å². The van der Waals surface area contributed by atoms with Crippen molar-refractivity contribution in [3.63, 3.8) is 0 Å². The first-order valence-electron chi connectivity index (χ1n) is 8.22. The minimum absolute atomic E-state index is 0.0556. The van der Waals surface area contributed by atoms with E-state index < -0.39 is 17.4 Å². The van der Waals surface area contributed by atoms with Gasteiger partial charge in [0.05, 0.1) is 6.54 Å². The molecule has 134 valence electrons. The summed E-state index contributed by atoms with van der Waals surface area (Å²) >= 11 is 1.47. The van der Waals surface area contributed by atoms with E-state index in [9.17, 15) is 14.7 Å². The summed E-state index contributed by atoms with van der Waals surface area (Å²) in [4.78, 5) is 24.8. The number of hydrogen-bond acceptors (Lipinski definition) is 4. The zero-order valence-electron chi connectivity index (χ0n) is 14.6. The normalized spacial score (nSPS) is 13.2. The van der Waals surface area contributed by atoms with Gasteiger partial charge in [0, 0.05) is 15.3 Å². The number of aliphatic hydroxyl groups is 1. The van der Waals surface area contributed by atoms with Gasteiger partial charge in [0.25, 0.3) is 0 Å². The Bertz CT molecular complexity index is 912. The van der Waals surface area contributed by atoms with Gasteiger partial charge in [-0.1, -0.05) is 35.9 Å². The lowest BCUT2D eigenvalue weighted by atomic mass is 10.0. The lowest BCUT2D eigenvalue weighted by molar-refractivity contribution is -0.136. The maximum atomic E-state index is 12.0. The second-order valence-electron chi connectivity index (χ2n) is 6.43. The van der Waals surface area contributed by atoms with Crippen molar-refractivity contribution in [2.24, 2.45) is 0 Å². The molecule has 1 heterocycles. The zero-order valence-corrected chi connectivity index (χ0v) is 15.4. The molecule has 0 spiro atoms. The van der Waals surface area contributed by atoms with E-state index in [0.717, 1.165) is 20.5 Å². The predicted molar refractivity (Wildman–Crippen MR) is 104 cm³/mol. The number of amides is 2. The van der Waals surface area contributed by atoms with E-state index in [2.05, 4.69) is 10.6 Å². The standard InChI is InChI=1S/C20H20N2O3S/c1-13-7-9-15(10-8-13)22-19(24)18(23)21-12-20(2,25)17-11-14-5-3-4-6-16(14)26-17/h3-11,25H,12H2,1-2H3,(H,21,23)(H,22,24). The third kappa shape index (κ3) is 4.09. The van der Waals surface area contributed by atoms with Gasteiger partial charge in [-0.05, 0) is 43.5 Å². The summed E-state index contributed by atoms with van der Waals surface area (Å²) in [6.07, 6.45) is 0. The van der Waals surface area contributed by atoms with Crippen LogP contribution in [0.4, 0.5) is 5.69 Å². The molecule has 0 aliphatic rings. The van der Waals surface area contributed by atoms with E-state index in [1.165, 1.54) is 11.3 Å². The molecule has 26 heavy (non-hydrogen) atoms. The first-order chi connectivity index (χ1) is 12.3. The minimum Gasteiger partial charge on any atom is -0.383 e. The first kappa shape index (κ1) is 18.1. The molecule has 0 saturated heterocycles. The maximum Gasteiger partial charge on any atom is 0.313 e. The van der Waals surface area contributed by atoms with Crippen molar-refractivity contribution in [2.45, 2.75) is 19.4 Å². The van der Waals surface area contributed by atoms with E-state index in [-0.39, 0.29) is 6.54 Å². The summed E-state index contributed by atoms with van der Waals surface area (Å²) in [7, 11) is 0. The van der Waals surface area contributed by atoms with Crippen molar-refractivity contribution in [2.75, 3.05) is 11.9 Å². The number of thiophene rings is 1. The monoisotopic (exact) mass is 368 g/mol. The van der Waals surface area contributed by atoms with Crippen LogP contribution in [0.5, 0.6) is 0 Å². The van der Waals surface area contributed by atoms with Crippen molar-refractivity contribution in [3.8, 4) is 0 Å². The molecule has 1 atom stereocenters. The molecule has 0 radical (unpaired) electrons. The van der Waals surface area contributed by atoms with Gasteiger partial charge in [-0.25, -0.2) is 0 Å². The average molecular weight is 368 g/mol. The van der Waals surface area contributed by atoms with Gasteiger partial charge in [0.2, 0.25) is 0 Å². The van der Waals surface area contributed by atoms with Crippen LogP contribution in [0.2, 0.25) is 0 Å². The van der Waals surface area contributed by atoms with E-state index in [1.807, 2.05) is 49.4 Å². The Kier molecular flexibility index (Phi) is 5.06. The molecule has 2 aromatic carbocycles. The van der Waals surface area contributed by atoms with Gasteiger partial charge in [-0.2, -0.15) is 0 Å². The summed E-state index contributed by atoms with van der Waals surface area (Å²) in [5.41, 5.74) is 0.350. The van der Waals surface area contributed by atoms with Crippen LogP contribution in [0.3, 0.4) is 0 Å². The van der Waals surface area contributed by atoms with Crippen LogP contribution >= 0.6 is 11.3 Å². The number of aryl methyl sites for hydroxylation is 1. The molecule has 0 saturated carbocycles. The minimum atomic E-state index is -1.26. The third-order valence-electron chi connectivity index (χ3n) is 4.07. The van der Waals surface area contributed by atoms with Crippen LogP contribution in [0.1, 0.15) is 17.4 Å². The molecule has 0 fully saturated rings. The lowest BCUT2D eigenvalue weighted by Crippen LogP contribution is -2.42. The molecule has 1 aromatic heterocycles. The fourth-order valence-electron chi connectivity index (χ4n) is 2.49. The number of carbonyl (C=O) groups is 2. The van der Waals surface area contributed by atoms with Crippen LogP contribution < -0.4 is 10.6 Å². The van der Waals surface area contributed by atoms with Gasteiger partial charge >= 0.3 is 11.8 Å². The Morgan fingerprint density at radius 3 is 2.46 bits per heavy atom. The van der Waals surface area contributed by atoms with Crippen LogP contribution in [0, 0.1) is 6.92 Å². The predicted octanol–water partition coefficient (Wildman–Crippen LogP) is 3.17. The Hall–Kier alpha value is -2.70. The molecule has 0 aliphatic carbocycles. The van der Waals surface area contributed by atoms with Crippen molar-refractivity contribution >= 4 is 38.9 Å². The van der Waals surface area contributed by atoms with Crippen LogP contribution in [0.25, 0.3) is 10.1 Å². The number of nitrogens with one attached hydrogen (secondary N) is 2. The van der Waals surface area contributed by atoms with E-state index in [0.29, 0.717) is 5.69 Å². The van der Waals surface area contributed by atoms with Gasteiger partial charge in [0.1, 0.15) is 5.60 Å². The first-order valence-corrected chi connectivity index (χ1v) is 9.04. The summed E-state index contributed by atoms with van der Waals surface area (Å²) in [6.45, 7) is 3.50. The average Bonchev–Trinajstić information content (AvgIpc) is 3.07. The van der Waals surface area contributed by atoms with E-state index >= 15 is 0 Å². The van der Waals surface area contributed by atoms with Crippen molar-refractivity contribution in [1.29, 1.82) is 0 Å². The summed E-state index contributed by atoms with van der Waals surface area (Å²) in [5, 5.41) is 16.8. The Labute approximate surface area is 155 Å². The Morgan fingerprint density at radius 1 is 1.08 bits per heavy atom. The molecule has 5 nitrogen and oxygen atoms in total. The number of carbonyl (C=O) groups excluding carboxylic acids is 2. The molecule has 3 N–H and O–H groups in total. The Morgan fingerprint density at radius 2 is 1.77 bits per heavy atom. The highest BCUT2D eigenvalue weighted by Gasteiger charge is 2.27. The number of rotatable bonds is 4. The molecule has 2 amide bonds. The summed E-state index contributed by atoms with van der Waals surface area (Å²) in [6, 6.07) is 16.9. The number of benzene rings is 2. The molecule has 0 bridgehead atoms. The highest BCUT2D eigenvalue weighted by Crippen LogP contribution is 2.32. The molecular formula is C20H20N2O3S. The van der Waals surface area contributed by atoms with Crippen LogP contribution in [0.15, 0.2) is 54.6 Å². The zero-order chi connectivity index (χ0) is 18.7. The van der Waals surface area contributed by atoms with Crippen LogP contribution in [-0.4, -0.2) is 23.5 Å². The summed E-state index contributed by atoms with van der Waals surface area (Å²) in [5.74, 6) is -1.55. The van der Waals surface area contributed by atoms with Gasteiger partial charge in [-0.3, -0.25) is 9.59 Å². The Balaban J connectivity index is 1.61. The van der Waals surface area contributed by atoms with Gasteiger partial charge in [0.15, 0.2) is 0 Å². The lowest BCUT2D eigenvalue weighted by Gasteiger charge is -2.22. The fraction of sp³-hybridized carbons (Fsp3) is 0.200. The number of anilines is 1. The van der Waals surface area contributed by atoms with E-state index in [1.54, 1.807) is 19.1 Å². The third-order valence-corrected chi connectivity index (χ3v) is 5.43. The van der Waals surface area contributed by atoms with Crippen molar-refractivity contribution in [1.82, 2.24) is 5.32 Å². The van der Waals surface area contributed by atoms with Crippen molar-refractivity contribution < 1.29 is 14.7 Å². The topological polar surface area (TPSA) is 78.4 Å². The molecular weight excluding hydrogens is 348 g/mol. The fourth-order valence-corrected chi connectivity index (χ4v) is 3.60.